The summed E-state index contributed by atoms with van der Waals surface area (Å²) in [7, 11) is 0. The molecule has 148 valence electrons. The van der Waals surface area contributed by atoms with Gasteiger partial charge in [0.2, 0.25) is 0 Å². The molecular formula is C22H28N4O2. The van der Waals surface area contributed by atoms with Crippen molar-refractivity contribution >= 4 is 11.7 Å². The number of anilines is 1. The van der Waals surface area contributed by atoms with Crippen LogP contribution in [0, 0.1) is 6.92 Å². The predicted molar refractivity (Wildman–Crippen MR) is 111 cm³/mol. The molecule has 1 aliphatic heterocycles. The molecular weight excluding hydrogens is 352 g/mol. The van der Waals surface area contributed by atoms with Crippen LogP contribution in [0.5, 0.6) is 5.75 Å². The summed E-state index contributed by atoms with van der Waals surface area (Å²) in [6.07, 6.45) is 1.70. The number of hydrogen-bond acceptors (Lipinski definition) is 5. The van der Waals surface area contributed by atoms with E-state index in [-0.39, 0.29) is 5.91 Å². The van der Waals surface area contributed by atoms with Crippen LogP contribution in [0.1, 0.15) is 41.6 Å². The standard InChI is InChI=1S/C22H28N4O2/c1-5-14-28-19-8-6-18(7-9-19)22(27)26-12-10-25(11-13-26)20-15-17(4)23-21(24-20)16(2)3/h5-9,15-16H,1,10-14H2,2-4H3. The third kappa shape index (κ3) is 4.68. The first kappa shape index (κ1) is 19.9. The summed E-state index contributed by atoms with van der Waals surface area (Å²) in [4.78, 5) is 26.1. The Kier molecular flexibility index (Phi) is 6.29. The highest BCUT2D eigenvalue weighted by molar-refractivity contribution is 5.94. The Bertz CT molecular complexity index is 825. The van der Waals surface area contributed by atoms with Crippen LogP contribution in [0.3, 0.4) is 0 Å². The van der Waals surface area contributed by atoms with Gasteiger partial charge in [-0.05, 0) is 31.2 Å². The lowest BCUT2D eigenvalue weighted by Gasteiger charge is -2.35. The summed E-state index contributed by atoms with van der Waals surface area (Å²) in [5, 5.41) is 0. The normalized spacial score (nSPS) is 14.3. The number of carbonyl (C=O) groups excluding carboxylic acids is 1. The first-order chi connectivity index (χ1) is 13.5. The van der Waals surface area contributed by atoms with Gasteiger partial charge in [-0.2, -0.15) is 0 Å². The van der Waals surface area contributed by atoms with E-state index in [0.29, 0.717) is 31.2 Å². The average Bonchev–Trinajstić information content (AvgIpc) is 2.71. The topological polar surface area (TPSA) is 58.6 Å². The summed E-state index contributed by atoms with van der Waals surface area (Å²) in [6.45, 7) is 13.2. The molecule has 6 heteroatoms. The van der Waals surface area contributed by atoms with Gasteiger partial charge in [-0.1, -0.05) is 26.5 Å². The van der Waals surface area contributed by atoms with Crippen LogP contribution in [0.15, 0.2) is 43.0 Å². The highest BCUT2D eigenvalue weighted by Crippen LogP contribution is 2.20. The lowest BCUT2D eigenvalue weighted by molar-refractivity contribution is 0.0746. The molecule has 1 fully saturated rings. The van der Waals surface area contributed by atoms with Gasteiger partial charge in [-0.3, -0.25) is 4.79 Å². The summed E-state index contributed by atoms with van der Waals surface area (Å²) in [5.41, 5.74) is 1.66. The first-order valence-corrected chi connectivity index (χ1v) is 9.71. The molecule has 6 nitrogen and oxygen atoms in total. The highest BCUT2D eigenvalue weighted by Gasteiger charge is 2.23. The molecule has 1 saturated heterocycles. The van der Waals surface area contributed by atoms with E-state index in [1.54, 1.807) is 6.08 Å². The van der Waals surface area contributed by atoms with Gasteiger partial charge in [0, 0.05) is 49.4 Å². The summed E-state index contributed by atoms with van der Waals surface area (Å²) in [6, 6.07) is 9.30. The van der Waals surface area contributed by atoms with Gasteiger partial charge in [0.25, 0.3) is 5.91 Å². The van der Waals surface area contributed by atoms with Crippen LogP contribution >= 0.6 is 0 Å². The first-order valence-electron chi connectivity index (χ1n) is 9.71. The summed E-state index contributed by atoms with van der Waals surface area (Å²) in [5.74, 6) is 2.90. The van der Waals surface area contributed by atoms with Gasteiger partial charge >= 0.3 is 0 Å². The zero-order valence-electron chi connectivity index (χ0n) is 16.9. The molecule has 0 bridgehead atoms. The van der Waals surface area contributed by atoms with E-state index in [9.17, 15) is 4.79 Å². The van der Waals surface area contributed by atoms with Crippen molar-refractivity contribution in [3.8, 4) is 5.75 Å². The number of piperazine rings is 1. The number of amides is 1. The van der Waals surface area contributed by atoms with Crippen molar-refractivity contribution in [2.45, 2.75) is 26.7 Å². The Morgan fingerprint density at radius 2 is 1.86 bits per heavy atom. The fraction of sp³-hybridized carbons (Fsp3) is 0.409. The van der Waals surface area contributed by atoms with Crippen molar-refractivity contribution in [2.24, 2.45) is 0 Å². The zero-order chi connectivity index (χ0) is 20.1. The number of carbonyl (C=O) groups is 1. The second kappa shape index (κ2) is 8.87. The van der Waals surface area contributed by atoms with Gasteiger partial charge in [0.1, 0.15) is 24.0 Å². The number of nitrogens with zero attached hydrogens (tertiary/aromatic N) is 4. The Morgan fingerprint density at radius 3 is 2.46 bits per heavy atom. The molecule has 0 atom stereocenters. The largest absolute Gasteiger partial charge is 0.490 e. The SMILES string of the molecule is C=CCOc1ccc(C(=O)N2CCN(c3cc(C)nc(C(C)C)n3)CC2)cc1. The van der Waals surface area contributed by atoms with E-state index >= 15 is 0 Å². The van der Waals surface area contributed by atoms with E-state index in [4.69, 9.17) is 9.72 Å². The number of aromatic nitrogens is 2. The van der Waals surface area contributed by atoms with Gasteiger partial charge in [0.15, 0.2) is 0 Å². The van der Waals surface area contributed by atoms with Crippen LogP contribution in [0.2, 0.25) is 0 Å². The van der Waals surface area contributed by atoms with E-state index in [0.717, 1.165) is 36.2 Å². The number of ether oxygens (including phenoxy) is 1. The maximum atomic E-state index is 12.8. The minimum atomic E-state index is 0.0525. The molecule has 0 unspecified atom stereocenters. The van der Waals surface area contributed by atoms with Crippen molar-refractivity contribution in [3.63, 3.8) is 0 Å². The molecule has 3 rings (SSSR count). The molecule has 1 amide bonds. The maximum absolute atomic E-state index is 12.8. The Hall–Kier alpha value is -2.89. The smallest absolute Gasteiger partial charge is 0.253 e. The van der Waals surface area contributed by atoms with E-state index in [2.05, 4.69) is 30.3 Å². The monoisotopic (exact) mass is 380 g/mol. The summed E-state index contributed by atoms with van der Waals surface area (Å²) >= 11 is 0. The zero-order valence-corrected chi connectivity index (χ0v) is 16.9. The highest BCUT2D eigenvalue weighted by atomic mass is 16.5. The molecule has 0 saturated carbocycles. The van der Waals surface area contributed by atoms with Crippen molar-refractivity contribution < 1.29 is 9.53 Å². The number of rotatable bonds is 6. The van der Waals surface area contributed by atoms with Crippen LogP contribution in [-0.2, 0) is 0 Å². The van der Waals surface area contributed by atoms with Crippen molar-refractivity contribution in [1.82, 2.24) is 14.9 Å². The molecule has 2 heterocycles. The second-order valence-corrected chi connectivity index (χ2v) is 7.28. The third-order valence-corrected chi connectivity index (χ3v) is 4.73. The van der Waals surface area contributed by atoms with Crippen molar-refractivity contribution in [1.29, 1.82) is 0 Å². The van der Waals surface area contributed by atoms with Gasteiger partial charge in [-0.25, -0.2) is 9.97 Å². The Labute approximate surface area is 166 Å². The molecule has 1 aromatic carbocycles. The molecule has 28 heavy (non-hydrogen) atoms. The lowest BCUT2D eigenvalue weighted by atomic mass is 10.1. The van der Waals surface area contributed by atoms with Crippen molar-refractivity contribution in [2.75, 3.05) is 37.7 Å². The van der Waals surface area contributed by atoms with E-state index in [1.807, 2.05) is 42.2 Å². The lowest BCUT2D eigenvalue weighted by Crippen LogP contribution is -2.49. The molecule has 2 aromatic rings. The predicted octanol–water partition coefficient (Wildman–Crippen LogP) is 3.44. The Morgan fingerprint density at radius 1 is 1.18 bits per heavy atom. The van der Waals surface area contributed by atoms with Crippen LogP contribution < -0.4 is 9.64 Å². The quantitative estimate of drug-likeness (QED) is 0.719. The molecule has 1 aliphatic rings. The average molecular weight is 380 g/mol. The molecule has 0 aliphatic carbocycles. The molecule has 0 N–H and O–H groups in total. The number of benzene rings is 1. The van der Waals surface area contributed by atoms with Crippen LogP contribution in [0.25, 0.3) is 0 Å². The van der Waals surface area contributed by atoms with E-state index < -0.39 is 0 Å². The van der Waals surface area contributed by atoms with E-state index in [1.165, 1.54) is 0 Å². The van der Waals surface area contributed by atoms with Gasteiger partial charge in [0.05, 0.1) is 0 Å². The second-order valence-electron chi connectivity index (χ2n) is 7.28. The minimum Gasteiger partial charge on any atom is -0.490 e. The summed E-state index contributed by atoms with van der Waals surface area (Å²) < 4.78 is 5.47. The van der Waals surface area contributed by atoms with Crippen LogP contribution in [-0.4, -0.2) is 53.6 Å². The number of aryl methyl sites for hydroxylation is 1. The van der Waals surface area contributed by atoms with Crippen molar-refractivity contribution in [3.05, 3.63) is 60.1 Å². The van der Waals surface area contributed by atoms with Crippen LogP contribution in [0.4, 0.5) is 5.82 Å². The number of hydrogen-bond donors (Lipinski definition) is 0. The van der Waals surface area contributed by atoms with Gasteiger partial charge < -0.3 is 14.5 Å². The minimum absolute atomic E-state index is 0.0525. The van der Waals surface area contributed by atoms with Gasteiger partial charge in [-0.15, -0.1) is 0 Å². The maximum Gasteiger partial charge on any atom is 0.253 e. The fourth-order valence-corrected chi connectivity index (χ4v) is 3.16. The third-order valence-electron chi connectivity index (χ3n) is 4.73. The molecule has 1 aromatic heterocycles. The Balaban J connectivity index is 1.62. The molecule has 0 radical (unpaired) electrons. The molecule has 0 spiro atoms. The fourth-order valence-electron chi connectivity index (χ4n) is 3.16.